The Morgan fingerprint density at radius 1 is 1.28 bits per heavy atom. The molecule has 0 bridgehead atoms. The lowest BCUT2D eigenvalue weighted by atomic mass is 10.3. The number of nitrogens with one attached hydrogen (secondary N) is 1. The van der Waals surface area contributed by atoms with Gasteiger partial charge >= 0.3 is 0 Å². The average Bonchev–Trinajstić information content (AvgIpc) is 2.85. The quantitative estimate of drug-likeness (QED) is 0.848. The second-order valence-electron chi connectivity index (χ2n) is 4.23. The molecule has 0 unspecified atom stereocenters. The maximum absolute atomic E-state index is 4.66. The standard InChI is InChI=1S/C14H20N4/c1-3-6-13-16-9-10-18(13)14-8-5-7-12(17-14)11-15-4-2/h5,7-10,15H,3-4,6,11H2,1-2H3. The smallest absolute Gasteiger partial charge is 0.138 e. The molecule has 2 rings (SSSR count). The van der Waals surface area contributed by atoms with Crippen LogP contribution in [0.2, 0.25) is 0 Å². The van der Waals surface area contributed by atoms with E-state index in [2.05, 4.69) is 33.7 Å². The minimum Gasteiger partial charge on any atom is -0.311 e. The molecular formula is C14H20N4. The number of aryl methyl sites for hydroxylation is 1. The summed E-state index contributed by atoms with van der Waals surface area (Å²) in [7, 11) is 0. The molecule has 0 aliphatic heterocycles. The monoisotopic (exact) mass is 244 g/mol. The van der Waals surface area contributed by atoms with Crippen molar-refractivity contribution in [1.82, 2.24) is 19.9 Å². The summed E-state index contributed by atoms with van der Waals surface area (Å²) in [6.07, 6.45) is 5.88. The van der Waals surface area contributed by atoms with E-state index in [1.807, 2.05) is 30.6 Å². The molecule has 2 aromatic heterocycles. The van der Waals surface area contributed by atoms with Gasteiger partial charge in [0.05, 0.1) is 5.69 Å². The number of imidazole rings is 1. The Kier molecular flexibility index (Phi) is 4.47. The van der Waals surface area contributed by atoms with Crippen LogP contribution in [-0.2, 0) is 13.0 Å². The van der Waals surface area contributed by atoms with E-state index in [9.17, 15) is 0 Å². The highest BCUT2D eigenvalue weighted by atomic mass is 15.1. The average molecular weight is 244 g/mol. The third kappa shape index (κ3) is 2.96. The fraction of sp³-hybridized carbons (Fsp3) is 0.429. The van der Waals surface area contributed by atoms with Gasteiger partial charge in [0.1, 0.15) is 11.6 Å². The first-order valence-electron chi connectivity index (χ1n) is 6.54. The minimum atomic E-state index is 0.808. The van der Waals surface area contributed by atoms with Crippen LogP contribution < -0.4 is 5.32 Å². The summed E-state index contributed by atoms with van der Waals surface area (Å²) >= 11 is 0. The van der Waals surface area contributed by atoms with Crippen molar-refractivity contribution in [2.24, 2.45) is 0 Å². The first-order valence-corrected chi connectivity index (χ1v) is 6.54. The van der Waals surface area contributed by atoms with Crippen molar-refractivity contribution in [3.05, 3.63) is 42.1 Å². The number of rotatable bonds is 6. The molecular weight excluding hydrogens is 224 g/mol. The normalized spacial score (nSPS) is 10.8. The Morgan fingerprint density at radius 2 is 2.17 bits per heavy atom. The number of pyridine rings is 1. The van der Waals surface area contributed by atoms with Gasteiger partial charge in [-0.25, -0.2) is 9.97 Å². The lowest BCUT2D eigenvalue weighted by Gasteiger charge is -2.08. The van der Waals surface area contributed by atoms with Crippen LogP contribution in [0.25, 0.3) is 5.82 Å². The van der Waals surface area contributed by atoms with Crippen LogP contribution in [0.3, 0.4) is 0 Å². The Morgan fingerprint density at radius 3 is 2.94 bits per heavy atom. The topological polar surface area (TPSA) is 42.7 Å². The molecule has 2 aromatic rings. The van der Waals surface area contributed by atoms with Gasteiger partial charge in [0.2, 0.25) is 0 Å². The molecule has 0 spiro atoms. The predicted octanol–water partition coefficient (Wildman–Crippen LogP) is 2.33. The Hall–Kier alpha value is -1.68. The first-order chi connectivity index (χ1) is 8.85. The molecule has 4 nitrogen and oxygen atoms in total. The van der Waals surface area contributed by atoms with E-state index in [0.29, 0.717) is 0 Å². The molecule has 0 amide bonds. The summed E-state index contributed by atoms with van der Waals surface area (Å²) in [5.41, 5.74) is 1.06. The van der Waals surface area contributed by atoms with Gasteiger partial charge in [-0.05, 0) is 25.1 Å². The highest BCUT2D eigenvalue weighted by molar-refractivity contribution is 5.26. The van der Waals surface area contributed by atoms with Crippen molar-refractivity contribution in [2.45, 2.75) is 33.2 Å². The highest BCUT2D eigenvalue weighted by Crippen LogP contribution is 2.10. The zero-order chi connectivity index (χ0) is 12.8. The van der Waals surface area contributed by atoms with E-state index in [1.54, 1.807) is 0 Å². The van der Waals surface area contributed by atoms with E-state index in [0.717, 1.165) is 43.3 Å². The van der Waals surface area contributed by atoms with Gasteiger partial charge in [0.25, 0.3) is 0 Å². The molecule has 96 valence electrons. The van der Waals surface area contributed by atoms with Crippen LogP contribution in [0, 0.1) is 0 Å². The van der Waals surface area contributed by atoms with Crippen LogP contribution in [0.15, 0.2) is 30.6 Å². The van der Waals surface area contributed by atoms with E-state index in [4.69, 9.17) is 0 Å². The van der Waals surface area contributed by atoms with Gasteiger partial charge in [-0.3, -0.25) is 4.57 Å². The van der Waals surface area contributed by atoms with Gasteiger partial charge in [0.15, 0.2) is 0 Å². The second-order valence-corrected chi connectivity index (χ2v) is 4.23. The van der Waals surface area contributed by atoms with Gasteiger partial charge in [-0.2, -0.15) is 0 Å². The Bertz CT molecular complexity index is 490. The molecule has 18 heavy (non-hydrogen) atoms. The van der Waals surface area contributed by atoms with Crippen molar-refractivity contribution in [3.63, 3.8) is 0 Å². The molecule has 0 aliphatic rings. The van der Waals surface area contributed by atoms with E-state index < -0.39 is 0 Å². The molecule has 4 heteroatoms. The summed E-state index contributed by atoms with van der Waals surface area (Å²) in [5, 5.41) is 3.29. The van der Waals surface area contributed by atoms with Crippen molar-refractivity contribution < 1.29 is 0 Å². The summed E-state index contributed by atoms with van der Waals surface area (Å²) in [6, 6.07) is 6.11. The van der Waals surface area contributed by atoms with E-state index in [1.165, 1.54) is 0 Å². The van der Waals surface area contributed by atoms with E-state index >= 15 is 0 Å². The molecule has 0 fully saturated rings. The number of hydrogen-bond donors (Lipinski definition) is 1. The largest absolute Gasteiger partial charge is 0.311 e. The Labute approximate surface area is 108 Å². The first kappa shape index (κ1) is 12.8. The summed E-state index contributed by atoms with van der Waals surface area (Å²) in [4.78, 5) is 9.04. The SMILES string of the molecule is CCCc1nccn1-c1cccc(CNCC)n1. The molecule has 0 saturated carbocycles. The summed E-state index contributed by atoms with van der Waals surface area (Å²) < 4.78 is 2.07. The van der Waals surface area contributed by atoms with Crippen LogP contribution >= 0.6 is 0 Å². The zero-order valence-electron chi connectivity index (χ0n) is 11.1. The third-order valence-electron chi connectivity index (χ3n) is 2.79. The van der Waals surface area contributed by atoms with Crippen LogP contribution in [0.1, 0.15) is 31.8 Å². The zero-order valence-corrected chi connectivity index (χ0v) is 11.1. The van der Waals surface area contributed by atoms with Crippen molar-refractivity contribution in [2.75, 3.05) is 6.54 Å². The Balaban J connectivity index is 2.24. The van der Waals surface area contributed by atoms with Crippen LogP contribution in [-0.4, -0.2) is 21.1 Å². The fourth-order valence-electron chi connectivity index (χ4n) is 1.90. The number of aromatic nitrogens is 3. The van der Waals surface area contributed by atoms with Gasteiger partial charge in [-0.15, -0.1) is 0 Å². The molecule has 0 saturated heterocycles. The van der Waals surface area contributed by atoms with Crippen molar-refractivity contribution in [1.29, 1.82) is 0 Å². The van der Waals surface area contributed by atoms with Crippen LogP contribution in [0.4, 0.5) is 0 Å². The van der Waals surface area contributed by atoms with Crippen molar-refractivity contribution >= 4 is 0 Å². The molecule has 0 aliphatic carbocycles. The van der Waals surface area contributed by atoms with Crippen molar-refractivity contribution in [3.8, 4) is 5.82 Å². The molecule has 0 aromatic carbocycles. The summed E-state index contributed by atoms with van der Waals surface area (Å²) in [5.74, 6) is 2.02. The third-order valence-corrected chi connectivity index (χ3v) is 2.79. The summed E-state index contributed by atoms with van der Waals surface area (Å²) in [6.45, 7) is 6.02. The minimum absolute atomic E-state index is 0.808. The second kappa shape index (κ2) is 6.31. The number of nitrogens with zero attached hydrogens (tertiary/aromatic N) is 3. The highest BCUT2D eigenvalue weighted by Gasteiger charge is 2.05. The predicted molar refractivity (Wildman–Crippen MR) is 72.7 cm³/mol. The maximum atomic E-state index is 4.66. The van der Waals surface area contributed by atoms with Gasteiger partial charge in [-0.1, -0.05) is 19.9 Å². The molecule has 0 atom stereocenters. The maximum Gasteiger partial charge on any atom is 0.138 e. The van der Waals surface area contributed by atoms with Gasteiger partial charge in [0, 0.05) is 25.4 Å². The molecule has 1 N–H and O–H groups in total. The lowest BCUT2D eigenvalue weighted by Crippen LogP contribution is -2.13. The molecule has 0 radical (unpaired) electrons. The van der Waals surface area contributed by atoms with Gasteiger partial charge < -0.3 is 5.32 Å². The molecule has 2 heterocycles. The fourth-order valence-corrected chi connectivity index (χ4v) is 1.90. The number of hydrogen-bond acceptors (Lipinski definition) is 3. The lowest BCUT2D eigenvalue weighted by molar-refractivity contribution is 0.705. The van der Waals surface area contributed by atoms with E-state index in [-0.39, 0.29) is 0 Å². The van der Waals surface area contributed by atoms with Crippen LogP contribution in [0.5, 0.6) is 0 Å².